The quantitative estimate of drug-likeness (QED) is 0.785. The van der Waals surface area contributed by atoms with E-state index in [9.17, 15) is 14.7 Å². The Hall–Kier alpha value is -1.78. The fourth-order valence-corrected chi connectivity index (χ4v) is 1.45. The van der Waals surface area contributed by atoms with Crippen LogP contribution in [0.4, 0.5) is 0 Å². The molecule has 5 heteroatoms. The number of hydrogen-bond donors (Lipinski definition) is 1. The van der Waals surface area contributed by atoms with E-state index in [0.717, 1.165) is 9.13 Å². The Labute approximate surface area is 86.9 Å². The molecule has 1 N–H and O–H groups in total. The van der Waals surface area contributed by atoms with E-state index < -0.39 is 11.2 Å². The van der Waals surface area contributed by atoms with E-state index in [-0.39, 0.29) is 18.0 Å². The van der Waals surface area contributed by atoms with Crippen molar-refractivity contribution in [2.45, 2.75) is 26.9 Å². The molecular weight excluding hydrogens is 196 g/mol. The summed E-state index contributed by atoms with van der Waals surface area (Å²) < 4.78 is 2.21. The van der Waals surface area contributed by atoms with Crippen LogP contribution in [0.3, 0.4) is 0 Å². The number of nitrogens with zero attached hydrogens (tertiary/aromatic N) is 2. The topological polar surface area (TPSA) is 64.2 Å². The van der Waals surface area contributed by atoms with Gasteiger partial charge in [-0.15, -0.1) is 0 Å². The van der Waals surface area contributed by atoms with Crippen molar-refractivity contribution in [3.63, 3.8) is 0 Å². The van der Waals surface area contributed by atoms with Crippen molar-refractivity contribution in [2.75, 3.05) is 0 Å². The van der Waals surface area contributed by atoms with E-state index >= 15 is 0 Å². The molecule has 0 unspecified atom stereocenters. The highest BCUT2D eigenvalue weighted by Gasteiger charge is 2.14. The molecule has 5 nitrogen and oxygen atoms in total. The first-order valence-corrected chi connectivity index (χ1v) is 4.77. The average molecular weight is 210 g/mol. The monoisotopic (exact) mass is 210 g/mol. The molecule has 0 saturated carbocycles. The molecular formula is C10H14N2O3. The van der Waals surface area contributed by atoms with E-state index in [1.165, 1.54) is 6.08 Å². The summed E-state index contributed by atoms with van der Waals surface area (Å²) >= 11 is 0. The van der Waals surface area contributed by atoms with Gasteiger partial charge in [-0.05, 0) is 13.8 Å². The van der Waals surface area contributed by atoms with Gasteiger partial charge in [0.15, 0.2) is 0 Å². The fourth-order valence-electron chi connectivity index (χ4n) is 1.45. The maximum absolute atomic E-state index is 11.7. The summed E-state index contributed by atoms with van der Waals surface area (Å²) in [6.45, 7) is 7.45. The molecule has 0 fully saturated rings. The highest BCUT2D eigenvalue weighted by molar-refractivity contribution is 5.51. The maximum Gasteiger partial charge on any atom is 0.333 e. The second-order valence-electron chi connectivity index (χ2n) is 3.02. The first kappa shape index (κ1) is 11.3. The number of hydrogen-bond acceptors (Lipinski definition) is 3. The summed E-state index contributed by atoms with van der Waals surface area (Å²) in [4.78, 5) is 23.3. The summed E-state index contributed by atoms with van der Waals surface area (Å²) in [5, 5.41) is 9.65. The minimum Gasteiger partial charge on any atom is -0.494 e. The molecule has 0 spiro atoms. The zero-order valence-corrected chi connectivity index (χ0v) is 8.86. The van der Waals surface area contributed by atoms with Gasteiger partial charge in [0, 0.05) is 13.1 Å². The summed E-state index contributed by atoms with van der Waals surface area (Å²) in [6.07, 6.45) is 1.26. The smallest absolute Gasteiger partial charge is 0.333 e. The molecule has 15 heavy (non-hydrogen) atoms. The largest absolute Gasteiger partial charge is 0.494 e. The summed E-state index contributed by atoms with van der Waals surface area (Å²) in [5.41, 5.74) is -0.925. The Kier molecular flexibility index (Phi) is 3.14. The predicted molar refractivity (Wildman–Crippen MR) is 58.1 cm³/mol. The van der Waals surface area contributed by atoms with Crippen LogP contribution in [0.1, 0.15) is 19.4 Å². The van der Waals surface area contributed by atoms with Gasteiger partial charge in [-0.25, -0.2) is 4.79 Å². The molecule has 82 valence electrons. The molecule has 0 aromatic carbocycles. The third-order valence-corrected chi connectivity index (χ3v) is 2.27. The standard InChI is InChI=1S/C10H14N2O3/c1-4-7-8(13)11(5-2)10(15)12(6-3)9(7)14/h4,13H,1,5-6H2,2-3H3. The highest BCUT2D eigenvalue weighted by atomic mass is 16.3. The minimum atomic E-state index is -0.500. The van der Waals surface area contributed by atoms with Crippen molar-refractivity contribution in [3.05, 3.63) is 33.0 Å². The fraction of sp³-hybridized carbons (Fsp3) is 0.400. The van der Waals surface area contributed by atoms with Crippen molar-refractivity contribution in [2.24, 2.45) is 0 Å². The van der Waals surface area contributed by atoms with E-state index in [2.05, 4.69) is 6.58 Å². The maximum atomic E-state index is 11.7. The molecule has 0 radical (unpaired) electrons. The van der Waals surface area contributed by atoms with Crippen LogP contribution < -0.4 is 11.2 Å². The molecule has 1 aromatic rings. The molecule has 0 aliphatic heterocycles. The van der Waals surface area contributed by atoms with Crippen LogP contribution in [0.25, 0.3) is 6.08 Å². The first-order valence-electron chi connectivity index (χ1n) is 4.77. The van der Waals surface area contributed by atoms with Gasteiger partial charge < -0.3 is 5.11 Å². The van der Waals surface area contributed by atoms with Crippen LogP contribution in [0.5, 0.6) is 5.88 Å². The van der Waals surface area contributed by atoms with Crippen molar-refractivity contribution in [1.29, 1.82) is 0 Å². The van der Waals surface area contributed by atoms with Crippen LogP contribution in [0, 0.1) is 0 Å². The molecule has 0 saturated heterocycles. The molecule has 0 aliphatic carbocycles. The minimum absolute atomic E-state index is 0.0679. The third-order valence-electron chi connectivity index (χ3n) is 2.27. The zero-order valence-electron chi connectivity index (χ0n) is 8.86. The van der Waals surface area contributed by atoms with E-state index in [1.54, 1.807) is 13.8 Å². The number of aromatic nitrogens is 2. The Morgan fingerprint density at radius 3 is 2.20 bits per heavy atom. The Balaban J connectivity index is 3.81. The van der Waals surface area contributed by atoms with Gasteiger partial charge in [0.05, 0.1) is 5.56 Å². The van der Waals surface area contributed by atoms with Crippen LogP contribution in [-0.4, -0.2) is 14.2 Å². The average Bonchev–Trinajstić information content (AvgIpc) is 2.19. The van der Waals surface area contributed by atoms with Crippen molar-refractivity contribution in [1.82, 2.24) is 9.13 Å². The third kappa shape index (κ3) is 1.60. The van der Waals surface area contributed by atoms with Gasteiger partial charge in [0.25, 0.3) is 5.56 Å². The normalized spacial score (nSPS) is 10.3. The van der Waals surface area contributed by atoms with Crippen molar-refractivity contribution >= 4 is 6.08 Å². The Morgan fingerprint density at radius 1 is 1.27 bits per heavy atom. The lowest BCUT2D eigenvalue weighted by molar-refractivity contribution is 0.394. The Morgan fingerprint density at radius 2 is 1.80 bits per heavy atom. The van der Waals surface area contributed by atoms with Crippen molar-refractivity contribution in [3.8, 4) is 5.88 Å². The SMILES string of the molecule is C=Cc1c(O)n(CC)c(=O)n(CC)c1=O. The van der Waals surface area contributed by atoms with Gasteiger partial charge in [0.1, 0.15) is 0 Å². The van der Waals surface area contributed by atoms with Crippen LogP contribution in [-0.2, 0) is 13.1 Å². The number of aromatic hydroxyl groups is 1. The van der Waals surface area contributed by atoms with Gasteiger partial charge in [-0.3, -0.25) is 13.9 Å². The molecule has 0 amide bonds. The van der Waals surface area contributed by atoms with Crippen LogP contribution in [0.15, 0.2) is 16.2 Å². The van der Waals surface area contributed by atoms with Gasteiger partial charge in [-0.1, -0.05) is 12.7 Å². The Bertz CT molecular complexity index is 497. The van der Waals surface area contributed by atoms with Crippen LogP contribution in [0.2, 0.25) is 0 Å². The molecule has 0 aliphatic rings. The van der Waals surface area contributed by atoms with Crippen molar-refractivity contribution < 1.29 is 5.11 Å². The van der Waals surface area contributed by atoms with Gasteiger partial charge >= 0.3 is 5.69 Å². The molecule has 1 aromatic heterocycles. The summed E-state index contributed by atoms with van der Waals surface area (Å²) in [5.74, 6) is -0.313. The highest BCUT2D eigenvalue weighted by Crippen LogP contribution is 2.10. The summed E-state index contributed by atoms with van der Waals surface area (Å²) in [7, 11) is 0. The van der Waals surface area contributed by atoms with Gasteiger partial charge in [0.2, 0.25) is 5.88 Å². The lowest BCUT2D eigenvalue weighted by Crippen LogP contribution is -2.40. The molecule has 1 rings (SSSR count). The van der Waals surface area contributed by atoms with Crippen LogP contribution >= 0.6 is 0 Å². The van der Waals surface area contributed by atoms with E-state index in [1.807, 2.05) is 0 Å². The lowest BCUT2D eigenvalue weighted by atomic mass is 10.3. The second-order valence-corrected chi connectivity index (χ2v) is 3.02. The van der Waals surface area contributed by atoms with E-state index in [4.69, 9.17) is 0 Å². The first-order chi connectivity index (χ1) is 7.08. The van der Waals surface area contributed by atoms with E-state index in [0.29, 0.717) is 6.54 Å². The summed E-state index contributed by atoms with van der Waals surface area (Å²) in [6, 6.07) is 0. The zero-order chi connectivity index (χ0) is 11.6. The molecule has 0 bridgehead atoms. The second kappa shape index (κ2) is 4.16. The number of rotatable bonds is 3. The molecule has 0 atom stereocenters. The predicted octanol–water partition coefficient (Wildman–Crippen LogP) is 0.398. The lowest BCUT2D eigenvalue weighted by Gasteiger charge is -2.11. The molecule has 1 heterocycles. The van der Waals surface area contributed by atoms with Gasteiger partial charge in [-0.2, -0.15) is 0 Å².